The molecular weight excluding hydrogens is 206 g/mol. The molecule has 84 valence electrons. The van der Waals surface area contributed by atoms with Gasteiger partial charge in [-0.05, 0) is 42.9 Å². The molecule has 1 aliphatic rings. The van der Waals surface area contributed by atoms with Crippen LogP contribution in [0.2, 0.25) is 0 Å². The van der Waals surface area contributed by atoms with Gasteiger partial charge >= 0.3 is 0 Å². The number of nitrogens with one attached hydrogen (secondary N) is 1. The summed E-state index contributed by atoms with van der Waals surface area (Å²) in [5, 5.41) is 7.77. The van der Waals surface area contributed by atoms with E-state index in [-0.39, 0.29) is 0 Å². The predicted molar refractivity (Wildman–Crippen MR) is 65.3 cm³/mol. The molecule has 0 spiro atoms. The summed E-state index contributed by atoms with van der Waals surface area (Å²) in [5.41, 5.74) is 1.24. The molecule has 1 aromatic rings. The van der Waals surface area contributed by atoms with Crippen LogP contribution in [-0.4, -0.2) is 34.4 Å². The van der Waals surface area contributed by atoms with E-state index in [2.05, 4.69) is 35.3 Å². The summed E-state index contributed by atoms with van der Waals surface area (Å²) in [6.07, 6.45) is 5.39. The predicted octanol–water partition coefficient (Wildman–Crippen LogP) is 1.53. The molecule has 1 saturated heterocycles. The molecule has 3 nitrogen and oxygen atoms in total. The molecule has 1 fully saturated rings. The van der Waals surface area contributed by atoms with Crippen LogP contribution in [0.25, 0.3) is 0 Å². The summed E-state index contributed by atoms with van der Waals surface area (Å²) in [4.78, 5) is 0. The molecule has 0 aromatic carbocycles. The van der Waals surface area contributed by atoms with Gasteiger partial charge in [-0.15, -0.1) is 0 Å². The quantitative estimate of drug-likeness (QED) is 0.771. The summed E-state index contributed by atoms with van der Waals surface area (Å²) in [6, 6.07) is 0. The van der Waals surface area contributed by atoms with E-state index in [9.17, 15) is 0 Å². The normalized spacial score (nSPS) is 21.0. The zero-order chi connectivity index (χ0) is 10.5. The van der Waals surface area contributed by atoms with E-state index in [1.54, 1.807) is 0 Å². The van der Waals surface area contributed by atoms with Gasteiger partial charge in [-0.3, -0.25) is 4.68 Å². The molecule has 0 aliphatic carbocycles. The van der Waals surface area contributed by atoms with Crippen LogP contribution in [0.1, 0.15) is 12.0 Å². The fourth-order valence-corrected chi connectivity index (χ4v) is 3.12. The van der Waals surface area contributed by atoms with E-state index in [1.807, 2.05) is 10.9 Å². The summed E-state index contributed by atoms with van der Waals surface area (Å²) >= 11 is 2.08. The number of hydrogen-bond donors (Lipinski definition) is 1. The largest absolute Gasteiger partial charge is 0.315 e. The zero-order valence-electron chi connectivity index (χ0n) is 9.28. The Balaban J connectivity index is 1.58. The first kappa shape index (κ1) is 11.0. The van der Waals surface area contributed by atoms with Gasteiger partial charge in [0.2, 0.25) is 0 Å². The lowest BCUT2D eigenvalue weighted by molar-refractivity contribution is 0.490. The van der Waals surface area contributed by atoms with Crippen LogP contribution in [0.4, 0.5) is 0 Å². The second-order valence-corrected chi connectivity index (χ2v) is 5.36. The standard InChI is InChI=1S/C11H19N3S/c1-10-6-13-14(8-10)4-3-12-7-11-2-5-15-9-11/h6,8,11-12H,2-5,7,9H2,1H3. The minimum absolute atomic E-state index is 0.898. The Bertz CT molecular complexity index is 292. The molecule has 0 amide bonds. The van der Waals surface area contributed by atoms with Crippen molar-refractivity contribution in [3.8, 4) is 0 Å². The SMILES string of the molecule is Cc1cnn(CCNCC2CCSC2)c1. The van der Waals surface area contributed by atoms with Gasteiger partial charge in [-0.2, -0.15) is 16.9 Å². The van der Waals surface area contributed by atoms with Crippen LogP contribution in [0, 0.1) is 12.8 Å². The Morgan fingerprint density at radius 2 is 2.60 bits per heavy atom. The van der Waals surface area contributed by atoms with Crippen molar-refractivity contribution in [2.24, 2.45) is 5.92 Å². The van der Waals surface area contributed by atoms with Crippen molar-refractivity contribution >= 4 is 11.8 Å². The first-order valence-corrected chi connectivity index (χ1v) is 6.77. The average molecular weight is 225 g/mol. The van der Waals surface area contributed by atoms with Crippen molar-refractivity contribution in [2.45, 2.75) is 19.9 Å². The fourth-order valence-electron chi connectivity index (χ4n) is 1.83. The molecule has 1 unspecified atom stereocenters. The fraction of sp³-hybridized carbons (Fsp3) is 0.727. The van der Waals surface area contributed by atoms with Gasteiger partial charge in [0.25, 0.3) is 0 Å². The van der Waals surface area contributed by atoms with Gasteiger partial charge < -0.3 is 5.32 Å². The van der Waals surface area contributed by atoms with Crippen LogP contribution in [0.3, 0.4) is 0 Å². The van der Waals surface area contributed by atoms with E-state index in [0.717, 1.165) is 19.0 Å². The van der Waals surface area contributed by atoms with Crippen molar-refractivity contribution in [2.75, 3.05) is 24.6 Å². The highest BCUT2D eigenvalue weighted by Gasteiger charge is 2.14. The molecular formula is C11H19N3S. The highest BCUT2D eigenvalue weighted by atomic mass is 32.2. The number of thioether (sulfide) groups is 1. The lowest BCUT2D eigenvalue weighted by Gasteiger charge is -2.09. The molecule has 0 radical (unpaired) electrons. The minimum atomic E-state index is 0.898. The van der Waals surface area contributed by atoms with Crippen LogP contribution in [0.15, 0.2) is 12.4 Å². The van der Waals surface area contributed by atoms with Crippen LogP contribution in [0.5, 0.6) is 0 Å². The van der Waals surface area contributed by atoms with Crippen molar-refractivity contribution in [1.29, 1.82) is 0 Å². The molecule has 1 N–H and O–H groups in total. The van der Waals surface area contributed by atoms with Gasteiger partial charge in [0, 0.05) is 12.7 Å². The van der Waals surface area contributed by atoms with Crippen LogP contribution < -0.4 is 5.32 Å². The summed E-state index contributed by atoms with van der Waals surface area (Å²) < 4.78 is 2.01. The van der Waals surface area contributed by atoms with E-state index >= 15 is 0 Å². The Labute approximate surface area is 95.6 Å². The molecule has 0 bridgehead atoms. The maximum atomic E-state index is 4.26. The lowest BCUT2D eigenvalue weighted by Crippen LogP contribution is -2.26. The number of nitrogens with zero attached hydrogens (tertiary/aromatic N) is 2. The van der Waals surface area contributed by atoms with Gasteiger partial charge in [-0.1, -0.05) is 0 Å². The Morgan fingerprint density at radius 1 is 1.67 bits per heavy atom. The van der Waals surface area contributed by atoms with Crippen LogP contribution >= 0.6 is 11.8 Å². The first-order chi connectivity index (χ1) is 7.34. The maximum Gasteiger partial charge on any atom is 0.0534 e. The summed E-state index contributed by atoms with van der Waals surface area (Å²) in [5.74, 6) is 3.59. The number of aromatic nitrogens is 2. The highest BCUT2D eigenvalue weighted by molar-refractivity contribution is 7.99. The van der Waals surface area contributed by atoms with E-state index in [1.165, 1.54) is 30.0 Å². The molecule has 1 aliphatic heterocycles. The zero-order valence-corrected chi connectivity index (χ0v) is 10.1. The highest BCUT2D eigenvalue weighted by Crippen LogP contribution is 2.22. The van der Waals surface area contributed by atoms with Gasteiger partial charge in [0.15, 0.2) is 0 Å². The van der Waals surface area contributed by atoms with Crippen molar-refractivity contribution in [1.82, 2.24) is 15.1 Å². The Kier molecular flexibility index (Phi) is 4.09. The lowest BCUT2D eigenvalue weighted by atomic mass is 10.1. The Hall–Kier alpha value is -0.480. The molecule has 2 heterocycles. The second kappa shape index (κ2) is 5.56. The average Bonchev–Trinajstić information content (AvgIpc) is 2.84. The first-order valence-electron chi connectivity index (χ1n) is 5.62. The van der Waals surface area contributed by atoms with E-state index in [0.29, 0.717) is 0 Å². The van der Waals surface area contributed by atoms with Crippen molar-refractivity contribution in [3.05, 3.63) is 18.0 Å². The monoisotopic (exact) mass is 225 g/mol. The third kappa shape index (κ3) is 3.54. The molecule has 1 aromatic heterocycles. The minimum Gasteiger partial charge on any atom is -0.315 e. The van der Waals surface area contributed by atoms with Crippen molar-refractivity contribution in [3.63, 3.8) is 0 Å². The number of rotatable bonds is 5. The summed E-state index contributed by atoms with van der Waals surface area (Å²) in [6.45, 7) is 5.26. The van der Waals surface area contributed by atoms with Gasteiger partial charge in [-0.25, -0.2) is 0 Å². The smallest absolute Gasteiger partial charge is 0.0534 e. The number of hydrogen-bond acceptors (Lipinski definition) is 3. The molecule has 0 saturated carbocycles. The maximum absolute atomic E-state index is 4.26. The molecule has 4 heteroatoms. The third-order valence-electron chi connectivity index (χ3n) is 2.74. The third-order valence-corrected chi connectivity index (χ3v) is 3.97. The van der Waals surface area contributed by atoms with E-state index in [4.69, 9.17) is 0 Å². The second-order valence-electron chi connectivity index (χ2n) is 4.21. The molecule has 1 atom stereocenters. The van der Waals surface area contributed by atoms with E-state index < -0.39 is 0 Å². The van der Waals surface area contributed by atoms with Crippen LogP contribution in [-0.2, 0) is 6.54 Å². The number of aryl methyl sites for hydroxylation is 1. The Morgan fingerprint density at radius 3 is 3.27 bits per heavy atom. The molecule has 15 heavy (non-hydrogen) atoms. The van der Waals surface area contributed by atoms with Crippen molar-refractivity contribution < 1.29 is 0 Å². The van der Waals surface area contributed by atoms with Gasteiger partial charge in [0.1, 0.15) is 0 Å². The topological polar surface area (TPSA) is 29.9 Å². The van der Waals surface area contributed by atoms with Gasteiger partial charge in [0.05, 0.1) is 12.7 Å². The summed E-state index contributed by atoms with van der Waals surface area (Å²) in [7, 11) is 0. The molecule has 2 rings (SSSR count).